The minimum Gasteiger partial charge on any atom is -0.492 e. The number of halogens is 1. The van der Waals surface area contributed by atoms with Crippen molar-refractivity contribution in [2.75, 3.05) is 26.2 Å². The molecule has 2 amide bonds. The van der Waals surface area contributed by atoms with Crippen molar-refractivity contribution in [3.63, 3.8) is 0 Å². The number of imidazole rings is 1. The highest BCUT2D eigenvalue weighted by Crippen LogP contribution is 2.35. The molecule has 10 heteroatoms. The number of carbonyl (C=O) groups excluding carboxylic acids is 1. The molecule has 3 N–H and O–H groups in total. The Bertz CT molecular complexity index is 1330. The number of hydrogen-bond acceptors (Lipinski definition) is 5. The van der Waals surface area contributed by atoms with Crippen LogP contribution in [0.25, 0.3) is 11.3 Å². The molecule has 1 saturated carbocycles. The normalized spacial score (nSPS) is 21.1. The number of benzene rings is 2. The molecule has 212 valence electrons. The van der Waals surface area contributed by atoms with Crippen LogP contribution in [0, 0.1) is 6.92 Å². The highest BCUT2D eigenvalue weighted by Gasteiger charge is 2.35. The van der Waals surface area contributed by atoms with Gasteiger partial charge in [-0.25, -0.2) is 9.78 Å². The van der Waals surface area contributed by atoms with Crippen LogP contribution in [-0.4, -0.2) is 69.9 Å². The molecule has 1 aromatic heterocycles. The molecule has 1 aliphatic heterocycles. The molecular weight excluding hydrogens is 530 g/mol. The van der Waals surface area contributed by atoms with Crippen LogP contribution >= 0.6 is 11.6 Å². The quantitative estimate of drug-likeness (QED) is 0.349. The molecule has 2 heterocycles. The van der Waals surface area contributed by atoms with Gasteiger partial charge in [0.1, 0.15) is 5.75 Å². The molecular formula is C30H36ClN5O4. The maximum atomic E-state index is 14.1. The second-order valence-electron chi connectivity index (χ2n) is 10.6. The Hall–Kier alpha value is -3.56. The first kappa shape index (κ1) is 28.0. The minimum atomic E-state index is -1.03. The van der Waals surface area contributed by atoms with Gasteiger partial charge in [0.05, 0.1) is 35.7 Å². The number of ether oxygens (including phenoxy) is 1. The first-order valence-electron chi connectivity index (χ1n) is 13.9. The first-order chi connectivity index (χ1) is 19.4. The van der Waals surface area contributed by atoms with Crippen LogP contribution in [0.3, 0.4) is 0 Å². The number of nitrogens with zero attached hydrogens (tertiary/aromatic N) is 3. The molecule has 0 bridgehead atoms. The number of aryl methyl sites for hydroxylation is 1. The molecule has 2 aromatic carbocycles. The predicted molar refractivity (Wildman–Crippen MR) is 154 cm³/mol. The molecule has 3 atom stereocenters. The molecule has 40 heavy (non-hydrogen) atoms. The summed E-state index contributed by atoms with van der Waals surface area (Å²) < 4.78 is 7.99. The summed E-state index contributed by atoms with van der Waals surface area (Å²) in [6, 6.07) is 15.0. The van der Waals surface area contributed by atoms with Gasteiger partial charge in [0.15, 0.2) is 5.69 Å². The number of rotatable bonds is 8. The van der Waals surface area contributed by atoms with Crippen LogP contribution in [0.2, 0.25) is 5.02 Å². The Morgan fingerprint density at radius 3 is 2.75 bits per heavy atom. The number of carbonyl (C=O) groups is 2. The lowest BCUT2D eigenvalue weighted by Crippen LogP contribution is -2.54. The van der Waals surface area contributed by atoms with Crippen molar-refractivity contribution < 1.29 is 19.4 Å². The lowest BCUT2D eigenvalue weighted by Gasteiger charge is -2.36. The average Bonchev–Trinajstić information content (AvgIpc) is 3.39. The third-order valence-corrected chi connectivity index (χ3v) is 8.14. The zero-order valence-corrected chi connectivity index (χ0v) is 23.4. The Morgan fingerprint density at radius 2 is 1.98 bits per heavy atom. The number of nitrogens with one attached hydrogen (secondary N) is 2. The fourth-order valence-corrected chi connectivity index (χ4v) is 6.16. The maximum Gasteiger partial charge on any atom is 0.404 e. The van der Waals surface area contributed by atoms with Gasteiger partial charge in [0.25, 0.3) is 5.91 Å². The minimum absolute atomic E-state index is 0.0737. The maximum absolute atomic E-state index is 14.1. The summed E-state index contributed by atoms with van der Waals surface area (Å²) in [6.45, 7) is 4.31. The van der Waals surface area contributed by atoms with Gasteiger partial charge in [-0.15, -0.1) is 0 Å². The molecule has 0 unspecified atom stereocenters. The van der Waals surface area contributed by atoms with Crippen LogP contribution in [0.1, 0.15) is 54.2 Å². The molecule has 2 aliphatic rings. The van der Waals surface area contributed by atoms with Gasteiger partial charge in [-0.2, -0.15) is 0 Å². The van der Waals surface area contributed by atoms with Gasteiger partial charge in [-0.1, -0.05) is 60.8 Å². The highest BCUT2D eigenvalue weighted by atomic mass is 35.5. The summed E-state index contributed by atoms with van der Waals surface area (Å²) in [5.41, 5.74) is 3.07. The highest BCUT2D eigenvalue weighted by molar-refractivity contribution is 6.32. The smallest absolute Gasteiger partial charge is 0.404 e. The SMILES string of the molecule is Cc1ccc(OCC[C@@H]2CNCCN2C(=O)c2ncn([C@H]3CCCC[C@@H]3NC(=O)O)c2-c2ccccc2)c(Cl)c1. The van der Waals surface area contributed by atoms with Crippen LogP contribution < -0.4 is 15.4 Å². The number of amides is 2. The second kappa shape index (κ2) is 12.7. The van der Waals surface area contributed by atoms with Gasteiger partial charge in [0, 0.05) is 37.7 Å². The first-order valence-corrected chi connectivity index (χ1v) is 14.3. The van der Waals surface area contributed by atoms with E-state index < -0.39 is 6.09 Å². The van der Waals surface area contributed by atoms with Crippen molar-refractivity contribution in [1.29, 1.82) is 0 Å². The molecule has 5 rings (SSSR count). The van der Waals surface area contributed by atoms with E-state index in [4.69, 9.17) is 16.3 Å². The van der Waals surface area contributed by atoms with Gasteiger partial charge in [-0.3, -0.25) is 4.79 Å². The van der Waals surface area contributed by atoms with E-state index in [0.717, 1.165) is 42.5 Å². The zero-order valence-electron chi connectivity index (χ0n) is 22.7. The lowest BCUT2D eigenvalue weighted by molar-refractivity contribution is 0.0601. The fourth-order valence-electron chi connectivity index (χ4n) is 5.87. The van der Waals surface area contributed by atoms with Crippen molar-refractivity contribution in [3.8, 4) is 17.0 Å². The summed E-state index contributed by atoms with van der Waals surface area (Å²) >= 11 is 6.34. The van der Waals surface area contributed by atoms with Crippen LogP contribution in [-0.2, 0) is 0 Å². The van der Waals surface area contributed by atoms with E-state index >= 15 is 0 Å². The van der Waals surface area contributed by atoms with E-state index in [-0.39, 0.29) is 24.0 Å². The van der Waals surface area contributed by atoms with Gasteiger partial charge in [0.2, 0.25) is 0 Å². The summed E-state index contributed by atoms with van der Waals surface area (Å²) in [5, 5.41) is 16.1. The lowest BCUT2D eigenvalue weighted by atomic mass is 9.89. The standard InChI is InChI=1S/C30H36ClN5O4/c1-20-11-12-26(23(31)17-20)40-16-13-22-18-32-14-15-35(22)29(37)27-28(21-7-3-2-4-8-21)36(19-33-27)25-10-6-5-9-24(25)34-30(38)39/h2-4,7-8,11-12,17,19,22,24-25,32,34H,5-6,9-10,13-16,18H2,1H3,(H,38,39)/t22-,24+,25+/m1/s1. The molecule has 2 fully saturated rings. The third kappa shape index (κ3) is 6.26. The predicted octanol–water partition coefficient (Wildman–Crippen LogP) is 5.15. The summed E-state index contributed by atoms with van der Waals surface area (Å²) in [5.74, 6) is 0.507. The Kier molecular flexibility index (Phi) is 8.91. The van der Waals surface area contributed by atoms with Crippen molar-refractivity contribution in [2.24, 2.45) is 0 Å². The topological polar surface area (TPSA) is 109 Å². The molecule has 0 spiro atoms. The summed E-state index contributed by atoms with van der Waals surface area (Å²) in [7, 11) is 0. The van der Waals surface area contributed by atoms with E-state index in [1.165, 1.54) is 0 Å². The van der Waals surface area contributed by atoms with Crippen molar-refractivity contribution >= 4 is 23.6 Å². The number of carboxylic acid groups (broad SMARTS) is 1. The van der Waals surface area contributed by atoms with Crippen LogP contribution in [0.15, 0.2) is 54.9 Å². The number of hydrogen-bond donors (Lipinski definition) is 3. The van der Waals surface area contributed by atoms with E-state index in [9.17, 15) is 14.7 Å². The fraction of sp³-hybridized carbons (Fsp3) is 0.433. The molecule has 9 nitrogen and oxygen atoms in total. The number of piperazine rings is 1. The third-order valence-electron chi connectivity index (χ3n) is 7.85. The van der Waals surface area contributed by atoms with E-state index in [2.05, 4.69) is 15.6 Å². The number of aromatic nitrogens is 2. The van der Waals surface area contributed by atoms with Gasteiger partial charge < -0.3 is 29.9 Å². The molecule has 3 aromatic rings. The van der Waals surface area contributed by atoms with Crippen molar-refractivity contribution in [2.45, 2.75) is 57.2 Å². The molecule has 0 radical (unpaired) electrons. The summed E-state index contributed by atoms with van der Waals surface area (Å²) in [6.07, 6.45) is 4.82. The monoisotopic (exact) mass is 565 g/mol. The van der Waals surface area contributed by atoms with Crippen LogP contribution in [0.5, 0.6) is 5.75 Å². The van der Waals surface area contributed by atoms with Gasteiger partial charge in [-0.05, 0) is 37.5 Å². The van der Waals surface area contributed by atoms with Gasteiger partial charge >= 0.3 is 6.09 Å². The van der Waals surface area contributed by atoms with E-state index in [1.54, 1.807) is 6.33 Å². The Balaban J connectivity index is 1.40. The van der Waals surface area contributed by atoms with Crippen molar-refractivity contribution in [3.05, 3.63) is 71.1 Å². The summed E-state index contributed by atoms with van der Waals surface area (Å²) in [4.78, 5) is 32.2. The Morgan fingerprint density at radius 1 is 1.18 bits per heavy atom. The second-order valence-corrected chi connectivity index (χ2v) is 11.0. The zero-order chi connectivity index (χ0) is 28.1. The largest absolute Gasteiger partial charge is 0.492 e. The molecule has 1 aliphatic carbocycles. The van der Waals surface area contributed by atoms with Crippen LogP contribution in [0.4, 0.5) is 4.79 Å². The van der Waals surface area contributed by atoms with E-state index in [0.29, 0.717) is 49.1 Å². The van der Waals surface area contributed by atoms with Crippen molar-refractivity contribution in [1.82, 2.24) is 25.1 Å². The Labute approximate surface area is 239 Å². The average molecular weight is 566 g/mol. The van der Waals surface area contributed by atoms with E-state index in [1.807, 2.05) is 64.9 Å². The molecule has 1 saturated heterocycles.